The maximum atomic E-state index is 12.6. The molecule has 0 spiro atoms. The summed E-state index contributed by atoms with van der Waals surface area (Å²) in [4.78, 5) is 17.3. The van der Waals surface area contributed by atoms with Gasteiger partial charge in [0.25, 0.3) is 5.91 Å². The molecule has 0 radical (unpaired) electrons. The molecule has 1 amide bonds. The third kappa shape index (κ3) is 2.67. The fraction of sp³-hybridized carbons (Fsp3) is 0.200. The second-order valence-corrected chi connectivity index (χ2v) is 6.02. The Hall–Kier alpha value is -3.08. The summed E-state index contributed by atoms with van der Waals surface area (Å²) in [5.74, 6) is 1.15. The van der Waals surface area contributed by atoms with E-state index in [0.29, 0.717) is 23.5 Å². The number of ether oxygens (including phenoxy) is 2. The van der Waals surface area contributed by atoms with Crippen LogP contribution in [0.5, 0.6) is 11.5 Å². The molecule has 1 N–H and O–H groups in total. The topological polar surface area (TPSA) is 60.5 Å². The van der Waals surface area contributed by atoms with Crippen molar-refractivity contribution >= 4 is 16.8 Å². The number of aromatic nitrogens is 1. The van der Waals surface area contributed by atoms with Crippen molar-refractivity contribution in [2.45, 2.75) is 12.5 Å². The van der Waals surface area contributed by atoms with Gasteiger partial charge in [-0.25, -0.2) is 0 Å². The molecule has 0 saturated carbocycles. The zero-order valence-electron chi connectivity index (χ0n) is 14.1. The van der Waals surface area contributed by atoms with Crippen LogP contribution in [-0.4, -0.2) is 25.1 Å². The van der Waals surface area contributed by atoms with Crippen LogP contribution in [0.4, 0.5) is 0 Å². The molecule has 3 aromatic rings. The minimum atomic E-state index is -0.0979. The number of pyridine rings is 1. The highest BCUT2D eigenvalue weighted by Crippen LogP contribution is 2.34. The standard InChI is InChI=1S/C20H18N2O3/c1-24-18-9-13-8-14-17(21-16(13)11-19(18)25-2)10-15(22-20(14)23)12-6-4-3-5-7-12/h3-9,11,15H,10H2,1-2H3,(H,22,23)/t15-/m1/s1. The molecular formula is C20H18N2O3. The molecule has 5 nitrogen and oxygen atoms in total. The molecule has 1 aliphatic heterocycles. The van der Waals surface area contributed by atoms with E-state index >= 15 is 0 Å². The molecule has 0 aliphatic carbocycles. The largest absolute Gasteiger partial charge is 0.493 e. The number of nitrogens with zero attached hydrogens (tertiary/aromatic N) is 1. The molecule has 4 rings (SSSR count). The van der Waals surface area contributed by atoms with Crippen molar-refractivity contribution < 1.29 is 14.3 Å². The van der Waals surface area contributed by atoms with E-state index in [-0.39, 0.29) is 11.9 Å². The molecule has 1 aromatic heterocycles. The SMILES string of the molecule is COc1cc2cc3c(nc2cc1OC)C[C@H](c1ccccc1)NC3=O. The highest BCUT2D eigenvalue weighted by Gasteiger charge is 2.27. The predicted octanol–water partition coefficient (Wildman–Crippen LogP) is 3.28. The fourth-order valence-corrected chi connectivity index (χ4v) is 3.26. The highest BCUT2D eigenvalue weighted by molar-refractivity contribution is 6.00. The molecule has 0 saturated heterocycles. The minimum absolute atomic E-state index is 0.0636. The Balaban J connectivity index is 1.80. The monoisotopic (exact) mass is 334 g/mol. The van der Waals surface area contributed by atoms with Gasteiger partial charge < -0.3 is 14.8 Å². The van der Waals surface area contributed by atoms with E-state index in [4.69, 9.17) is 14.5 Å². The summed E-state index contributed by atoms with van der Waals surface area (Å²) >= 11 is 0. The van der Waals surface area contributed by atoms with E-state index < -0.39 is 0 Å². The highest BCUT2D eigenvalue weighted by atomic mass is 16.5. The van der Waals surface area contributed by atoms with Crippen molar-refractivity contribution in [2.24, 2.45) is 0 Å². The van der Waals surface area contributed by atoms with Gasteiger partial charge in [0, 0.05) is 17.9 Å². The van der Waals surface area contributed by atoms with E-state index in [1.807, 2.05) is 48.5 Å². The maximum absolute atomic E-state index is 12.6. The van der Waals surface area contributed by atoms with E-state index in [1.54, 1.807) is 14.2 Å². The number of nitrogens with one attached hydrogen (secondary N) is 1. The fourth-order valence-electron chi connectivity index (χ4n) is 3.26. The van der Waals surface area contributed by atoms with E-state index in [0.717, 1.165) is 22.2 Å². The molecule has 0 fully saturated rings. The van der Waals surface area contributed by atoms with Crippen LogP contribution >= 0.6 is 0 Å². The van der Waals surface area contributed by atoms with Gasteiger partial charge in [0.05, 0.1) is 37.0 Å². The molecule has 0 bridgehead atoms. The van der Waals surface area contributed by atoms with Gasteiger partial charge >= 0.3 is 0 Å². The predicted molar refractivity (Wildman–Crippen MR) is 95.2 cm³/mol. The smallest absolute Gasteiger partial charge is 0.253 e. The van der Waals surface area contributed by atoms with Gasteiger partial charge in [0.15, 0.2) is 11.5 Å². The van der Waals surface area contributed by atoms with Crippen molar-refractivity contribution in [3.63, 3.8) is 0 Å². The van der Waals surface area contributed by atoms with Gasteiger partial charge in [-0.1, -0.05) is 30.3 Å². The second-order valence-electron chi connectivity index (χ2n) is 6.02. The van der Waals surface area contributed by atoms with Crippen molar-refractivity contribution in [2.75, 3.05) is 14.2 Å². The minimum Gasteiger partial charge on any atom is -0.493 e. The molecule has 1 atom stereocenters. The summed E-state index contributed by atoms with van der Waals surface area (Å²) in [7, 11) is 3.19. The number of rotatable bonds is 3. The summed E-state index contributed by atoms with van der Waals surface area (Å²) in [6, 6.07) is 15.5. The molecule has 1 aliphatic rings. The lowest BCUT2D eigenvalue weighted by Crippen LogP contribution is -2.35. The number of methoxy groups -OCH3 is 2. The number of carbonyl (C=O) groups is 1. The number of hydrogen-bond acceptors (Lipinski definition) is 4. The first-order chi connectivity index (χ1) is 12.2. The summed E-state index contributed by atoms with van der Waals surface area (Å²) in [6.45, 7) is 0. The first-order valence-electron chi connectivity index (χ1n) is 8.11. The van der Waals surface area contributed by atoms with E-state index in [2.05, 4.69) is 5.32 Å². The van der Waals surface area contributed by atoms with Crippen LogP contribution in [0, 0.1) is 0 Å². The van der Waals surface area contributed by atoms with E-state index in [9.17, 15) is 4.79 Å². The summed E-state index contributed by atoms with van der Waals surface area (Å²) in [6.07, 6.45) is 0.662. The number of carbonyl (C=O) groups excluding carboxylic acids is 1. The first-order valence-corrected chi connectivity index (χ1v) is 8.11. The normalized spacial score (nSPS) is 16.2. The number of hydrogen-bond donors (Lipinski definition) is 1. The number of amides is 1. The van der Waals surface area contributed by atoms with E-state index in [1.165, 1.54) is 0 Å². The zero-order valence-corrected chi connectivity index (χ0v) is 14.1. The average Bonchev–Trinajstić information content (AvgIpc) is 2.66. The lowest BCUT2D eigenvalue weighted by Gasteiger charge is -2.25. The molecular weight excluding hydrogens is 316 g/mol. The Bertz CT molecular complexity index is 954. The van der Waals surface area contributed by atoms with Gasteiger partial charge in [-0.15, -0.1) is 0 Å². The van der Waals surface area contributed by atoms with Gasteiger partial charge in [-0.2, -0.15) is 0 Å². The molecule has 2 aromatic carbocycles. The van der Waals surface area contributed by atoms with Gasteiger partial charge in [0.1, 0.15) is 0 Å². The van der Waals surface area contributed by atoms with Gasteiger partial charge in [-0.05, 0) is 17.7 Å². The second kappa shape index (κ2) is 6.09. The van der Waals surface area contributed by atoms with Crippen molar-refractivity contribution in [1.82, 2.24) is 10.3 Å². The Labute approximate surface area is 145 Å². The van der Waals surface area contributed by atoms with Crippen LogP contribution in [0.2, 0.25) is 0 Å². The van der Waals surface area contributed by atoms with Crippen LogP contribution in [-0.2, 0) is 6.42 Å². The van der Waals surface area contributed by atoms with Gasteiger partial charge in [-0.3, -0.25) is 9.78 Å². The Morgan fingerprint density at radius 3 is 2.48 bits per heavy atom. The van der Waals surface area contributed by atoms with Crippen LogP contribution in [0.15, 0.2) is 48.5 Å². The van der Waals surface area contributed by atoms with Crippen LogP contribution in [0.25, 0.3) is 10.9 Å². The van der Waals surface area contributed by atoms with Crippen LogP contribution in [0.1, 0.15) is 27.7 Å². The maximum Gasteiger partial charge on any atom is 0.253 e. The Morgan fingerprint density at radius 1 is 1.04 bits per heavy atom. The number of benzene rings is 2. The number of fused-ring (bicyclic) bond motifs is 2. The first kappa shape index (κ1) is 15.4. The third-order valence-electron chi connectivity index (χ3n) is 4.55. The molecule has 126 valence electrons. The summed E-state index contributed by atoms with van der Waals surface area (Å²) in [5, 5.41) is 3.92. The van der Waals surface area contributed by atoms with Crippen molar-refractivity contribution in [3.05, 3.63) is 65.4 Å². The van der Waals surface area contributed by atoms with Crippen LogP contribution < -0.4 is 14.8 Å². The van der Waals surface area contributed by atoms with Crippen molar-refractivity contribution in [1.29, 1.82) is 0 Å². The zero-order chi connectivity index (χ0) is 17.4. The summed E-state index contributed by atoms with van der Waals surface area (Å²) in [5.41, 5.74) is 3.29. The lowest BCUT2D eigenvalue weighted by molar-refractivity contribution is 0.0924. The molecule has 25 heavy (non-hydrogen) atoms. The lowest BCUT2D eigenvalue weighted by atomic mass is 9.94. The quantitative estimate of drug-likeness (QED) is 0.798. The average molecular weight is 334 g/mol. The molecule has 2 heterocycles. The van der Waals surface area contributed by atoms with Crippen molar-refractivity contribution in [3.8, 4) is 11.5 Å². The Morgan fingerprint density at radius 2 is 1.76 bits per heavy atom. The molecule has 5 heteroatoms. The van der Waals surface area contributed by atoms with Crippen LogP contribution in [0.3, 0.4) is 0 Å². The third-order valence-corrected chi connectivity index (χ3v) is 4.55. The van der Waals surface area contributed by atoms with Gasteiger partial charge in [0.2, 0.25) is 0 Å². The Kier molecular flexibility index (Phi) is 3.76. The molecule has 0 unspecified atom stereocenters. The summed E-state index contributed by atoms with van der Waals surface area (Å²) < 4.78 is 10.7.